The molecule has 16 heavy (non-hydrogen) atoms. The molecule has 0 fully saturated rings. The first-order chi connectivity index (χ1) is 7.61. The van der Waals surface area contributed by atoms with Crippen molar-refractivity contribution in [3.05, 3.63) is 29.0 Å². The van der Waals surface area contributed by atoms with Crippen LogP contribution in [-0.2, 0) is 6.42 Å². The lowest BCUT2D eigenvalue weighted by atomic mass is 9.86. The van der Waals surface area contributed by atoms with Gasteiger partial charge in [-0.05, 0) is 24.5 Å². The summed E-state index contributed by atoms with van der Waals surface area (Å²) in [5, 5.41) is 11.2. The van der Waals surface area contributed by atoms with Gasteiger partial charge < -0.3 is 5.11 Å². The Bertz CT molecular complexity index is 321. The Balaban J connectivity index is 2.79. The molecule has 0 aromatic carbocycles. The van der Waals surface area contributed by atoms with E-state index < -0.39 is 5.60 Å². The normalized spacial score (nSPS) is 11.8. The van der Waals surface area contributed by atoms with Crippen molar-refractivity contribution in [3.8, 4) is 0 Å². The molecule has 0 saturated carbocycles. The molecule has 2 nitrogen and oxygen atoms in total. The quantitative estimate of drug-likeness (QED) is 0.826. The molecule has 0 spiro atoms. The van der Waals surface area contributed by atoms with Gasteiger partial charge in [0.1, 0.15) is 0 Å². The van der Waals surface area contributed by atoms with E-state index in [1.54, 1.807) is 12.4 Å². The summed E-state index contributed by atoms with van der Waals surface area (Å²) in [6, 6.07) is 1.89. The lowest BCUT2D eigenvalue weighted by Gasteiger charge is -2.28. The van der Waals surface area contributed by atoms with Gasteiger partial charge in [0.15, 0.2) is 0 Å². The van der Waals surface area contributed by atoms with Crippen molar-refractivity contribution in [1.82, 2.24) is 4.98 Å². The molecule has 90 valence electrons. The monoisotopic (exact) mass is 241 g/mol. The molecule has 0 aliphatic carbocycles. The molecule has 0 radical (unpaired) electrons. The van der Waals surface area contributed by atoms with Gasteiger partial charge in [0, 0.05) is 18.8 Å². The zero-order valence-corrected chi connectivity index (χ0v) is 10.8. The maximum atomic E-state index is 10.5. The van der Waals surface area contributed by atoms with E-state index in [1.807, 2.05) is 6.07 Å². The predicted octanol–water partition coefficient (Wildman–Crippen LogP) is 3.61. The molecule has 1 aromatic rings. The molecule has 1 aromatic heterocycles. The van der Waals surface area contributed by atoms with Crippen LogP contribution >= 0.6 is 11.6 Å². The SMILES string of the molecule is CCCC(O)(CCC)Cc1ccncc1Cl. The number of hydrogen-bond acceptors (Lipinski definition) is 2. The fourth-order valence-corrected chi connectivity index (χ4v) is 2.32. The molecule has 0 bridgehead atoms. The molecule has 0 saturated heterocycles. The first-order valence-electron chi connectivity index (χ1n) is 5.92. The largest absolute Gasteiger partial charge is 0.390 e. The lowest BCUT2D eigenvalue weighted by Crippen LogP contribution is -2.31. The maximum Gasteiger partial charge on any atom is 0.0688 e. The van der Waals surface area contributed by atoms with Crippen molar-refractivity contribution in [2.75, 3.05) is 0 Å². The number of aliphatic hydroxyl groups is 1. The van der Waals surface area contributed by atoms with Gasteiger partial charge in [0.25, 0.3) is 0 Å². The Hall–Kier alpha value is -0.600. The highest BCUT2D eigenvalue weighted by Gasteiger charge is 2.25. The van der Waals surface area contributed by atoms with Crippen LogP contribution in [0.1, 0.15) is 45.1 Å². The van der Waals surface area contributed by atoms with Gasteiger partial charge in [0.2, 0.25) is 0 Å². The molecule has 1 heterocycles. The van der Waals surface area contributed by atoms with Crippen LogP contribution in [-0.4, -0.2) is 15.7 Å². The second-order valence-corrected chi connectivity index (χ2v) is 4.78. The molecule has 3 heteroatoms. The fraction of sp³-hybridized carbons (Fsp3) is 0.615. The zero-order chi connectivity index (χ0) is 12.0. The van der Waals surface area contributed by atoms with Gasteiger partial charge in [0.05, 0.1) is 10.6 Å². The van der Waals surface area contributed by atoms with Crippen molar-refractivity contribution in [3.63, 3.8) is 0 Å². The highest BCUT2D eigenvalue weighted by atomic mass is 35.5. The van der Waals surface area contributed by atoms with Crippen LogP contribution in [0.25, 0.3) is 0 Å². The summed E-state index contributed by atoms with van der Waals surface area (Å²) in [7, 11) is 0. The van der Waals surface area contributed by atoms with Gasteiger partial charge in [-0.15, -0.1) is 0 Å². The van der Waals surface area contributed by atoms with E-state index in [4.69, 9.17) is 11.6 Å². The Morgan fingerprint density at radius 3 is 2.44 bits per heavy atom. The van der Waals surface area contributed by atoms with Crippen LogP contribution in [0.3, 0.4) is 0 Å². The van der Waals surface area contributed by atoms with Gasteiger partial charge in [-0.25, -0.2) is 0 Å². The highest BCUT2D eigenvalue weighted by molar-refractivity contribution is 6.31. The van der Waals surface area contributed by atoms with Crippen LogP contribution < -0.4 is 0 Å². The van der Waals surface area contributed by atoms with Crippen LogP contribution in [0.2, 0.25) is 5.02 Å². The molecule has 1 N–H and O–H groups in total. The lowest BCUT2D eigenvalue weighted by molar-refractivity contribution is 0.0216. The minimum Gasteiger partial charge on any atom is -0.390 e. The smallest absolute Gasteiger partial charge is 0.0688 e. The summed E-state index contributed by atoms with van der Waals surface area (Å²) in [4.78, 5) is 3.95. The van der Waals surface area contributed by atoms with Gasteiger partial charge in [-0.1, -0.05) is 38.3 Å². The molecule has 0 amide bonds. The van der Waals surface area contributed by atoms with Crippen LogP contribution in [0.5, 0.6) is 0 Å². The fourth-order valence-electron chi connectivity index (χ4n) is 2.13. The number of pyridine rings is 1. The van der Waals surface area contributed by atoms with E-state index >= 15 is 0 Å². The number of rotatable bonds is 6. The van der Waals surface area contributed by atoms with Crippen molar-refractivity contribution < 1.29 is 5.11 Å². The molecule has 0 unspecified atom stereocenters. The zero-order valence-electron chi connectivity index (χ0n) is 10.0. The summed E-state index contributed by atoms with van der Waals surface area (Å²) >= 11 is 6.06. The van der Waals surface area contributed by atoms with E-state index in [-0.39, 0.29) is 0 Å². The predicted molar refractivity (Wildman–Crippen MR) is 67.7 cm³/mol. The van der Waals surface area contributed by atoms with E-state index in [2.05, 4.69) is 18.8 Å². The molecule has 1 rings (SSSR count). The second kappa shape index (κ2) is 6.21. The van der Waals surface area contributed by atoms with Crippen molar-refractivity contribution >= 4 is 11.6 Å². The third-order valence-corrected chi connectivity index (χ3v) is 3.15. The second-order valence-electron chi connectivity index (χ2n) is 4.37. The molecular weight excluding hydrogens is 222 g/mol. The topological polar surface area (TPSA) is 33.1 Å². The van der Waals surface area contributed by atoms with Gasteiger partial charge in [-0.3, -0.25) is 4.98 Å². The van der Waals surface area contributed by atoms with Crippen molar-refractivity contribution in [2.45, 2.75) is 51.6 Å². The van der Waals surface area contributed by atoms with Crippen LogP contribution in [0, 0.1) is 0 Å². The summed E-state index contributed by atoms with van der Waals surface area (Å²) < 4.78 is 0. The Morgan fingerprint density at radius 1 is 1.31 bits per heavy atom. The van der Waals surface area contributed by atoms with E-state index in [0.717, 1.165) is 31.2 Å². The standard InChI is InChI=1S/C13H20ClNO/c1-3-6-13(16,7-4-2)9-11-5-8-15-10-12(11)14/h5,8,10,16H,3-4,6-7,9H2,1-2H3. The van der Waals surface area contributed by atoms with Gasteiger partial charge in [-0.2, -0.15) is 0 Å². The minimum atomic E-state index is -0.617. The van der Waals surface area contributed by atoms with Crippen LogP contribution in [0.15, 0.2) is 18.5 Å². The first-order valence-corrected chi connectivity index (χ1v) is 6.30. The Labute approximate surface area is 103 Å². The summed E-state index contributed by atoms with van der Waals surface area (Å²) in [6.07, 6.45) is 7.59. The first kappa shape index (κ1) is 13.5. The summed E-state index contributed by atoms with van der Waals surface area (Å²) in [5.74, 6) is 0. The summed E-state index contributed by atoms with van der Waals surface area (Å²) in [5.41, 5.74) is 0.371. The average molecular weight is 242 g/mol. The number of aromatic nitrogens is 1. The molecule has 0 atom stereocenters. The van der Waals surface area contributed by atoms with Crippen molar-refractivity contribution in [1.29, 1.82) is 0 Å². The number of nitrogens with zero attached hydrogens (tertiary/aromatic N) is 1. The number of halogens is 1. The Morgan fingerprint density at radius 2 is 1.94 bits per heavy atom. The Kier molecular flexibility index (Phi) is 5.23. The molecule has 0 aliphatic heterocycles. The van der Waals surface area contributed by atoms with E-state index in [0.29, 0.717) is 11.4 Å². The minimum absolute atomic E-state index is 0.617. The average Bonchev–Trinajstić information content (AvgIpc) is 2.22. The molecule has 0 aliphatic rings. The van der Waals surface area contributed by atoms with Crippen molar-refractivity contribution in [2.24, 2.45) is 0 Å². The number of hydrogen-bond donors (Lipinski definition) is 1. The van der Waals surface area contributed by atoms with E-state index in [9.17, 15) is 5.11 Å². The maximum absolute atomic E-state index is 10.5. The molecular formula is C13H20ClNO. The van der Waals surface area contributed by atoms with Crippen LogP contribution in [0.4, 0.5) is 0 Å². The summed E-state index contributed by atoms with van der Waals surface area (Å²) in [6.45, 7) is 4.18. The third kappa shape index (κ3) is 3.76. The third-order valence-electron chi connectivity index (χ3n) is 2.81. The van der Waals surface area contributed by atoms with E-state index in [1.165, 1.54) is 0 Å². The van der Waals surface area contributed by atoms with Gasteiger partial charge >= 0.3 is 0 Å². The highest BCUT2D eigenvalue weighted by Crippen LogP contribution is 2.27.